The Labute approximate surface area is 124 Å². The lowest BCUT2D eigenvalue weighted by Gasteiger charge is -2.23. The minimum absolute atomic E-state index is 0.0517. The van der Waals surface area contributed by atoms with E-state index in [-0.39, 0.29) is 12.5 Å². The molecule has 0 fully saturated rings. The molecule has 0 saturated carbocycles. The Morgan fingerprint density at radius 1 is 1.19 bits per heavy atom. The van der Waals surface area contributed by atoms with Gasteiger partial charge in [-0.25, -0.2) is 0 Å². The fraction of sp³-hybridized carbons (Fsp3) is 0.625. The predicted octanol–water partition coefficient (Wildman–Crippen LogP) is 4.70. The van der Waals surface area contributed by atoms with Gasteiger partial charge < -0.3 is 10.1 Å². The zero-order valence-corrected chi connectivity index (χ0v) is 13.1. The second kappa shape index (κ2) is 7.69. The van der Waals surface area contributed by atoms with Crippen LogP contribution in [0.25, 0.3) is 0 Å². The number of hydrogen-bond acceptors (Lipinski definition) is 2. The van der Waals surface area contributed by atoms with E-state index in [1.165, 1.54) is 0 Å². The third kappa shape index (κ3) is 5.58. The molecule has 0 aliphatic heterocycles. The lowest BCUT2D eigenvalue weighted by Crippen LogP contribution is -2.25. The molecule has 0 amide bonds. The number of ether oxygens (including phenoxy) is 1. The third-order valence-electron chi connectivity index (χ3n) is 3.52. The summed E-state index contributed by atoms with van der Waals surface area (Å²) in [5.41, 5.74) is 2.81. The van der Waals surface area contributed by atoms with E-state index in [0.29, 0.717) is 6.54 Å². The molecule has 0 radical (unpaired) electrons. The Morgan fingerprint density at radius 2 is 1.86 bits per heavy atom. The van der Waals surface area contributed by atoms with Gasteiger partial charge in [0.25, 0.3) is 0 Å². The van der Waals surface area contributed by atoms with E-state index in [9.17, 15) is 13.2 Å². The van der Waals surface area contributed by atoms with Gasteiger partial charge in [0, 0.05) is 12.5 Å². The third-order valence-corrected chi connectivity index (χ3v) is 3.52. The molecule has 1 aromatic carbocycles. The molecule has 0 saturated heterocycles. The molecule has 0 heterocycles. The molecule has 1 N–H and O–H groups in total. The molecule has 1 aromatic rings. The van der Waals surface area contributed by atoms with Crippen LogP contribution in [0.1, 0.15) is 48.9 Å². The minimum atomic E-state index is -4.12. The first-order valence-electron chi connectivity index (χ1n) is 7.23. The maximum Gasteiger partial charge on any atom is 0.389 e. The Bertz CT molecular complexity index is 458. The molecule has 0 aromatic heterocycles. The highest BCUT2D eigenvalue weighted by Crippen LogP contribution is 2.32. The maximum absolute atomic E-state index is 12.5. The monoisotopic (exact) mass is 303 g/mol. The highest BCUT2D eigenvalue weighted by molar-refractivity contribution is 5.42. The lowest BCUT2D eigenvalue weighted by molar-refractivity contribution is -0.136. The molecule has 21 heavy (non-hydrogen) atoms. The molecule has 1 unspecified atom stereocenters. The molecule has 2 nitrogen and oxygen atoms in total. The van der Waals surface area contributed by atoms with Crippen molar-refractivity contribution in [3.63, 3.8) is 0 Å². The molecule has 0 bridgehead atoms. The van der Waals surface area contributed by atoms with Gasteiger partial charge >= 0.3 is 6.18 Å². The van der Waals surface area contributed by atoms with Crippen molar-refractivity contribution >= 4 is 0 Å². The van der Waals surface area contributed by atoms with E-state index >= 15 is 0 Å². The molecule has 5 heteroatoms. The summed E-state index contributed by atoms with van der Waals surface area (Å²) in [5.74, 6) is 0.765. The fourth-order valence-corrected chi connectivity index (χ4v) is 2.40. The standard InChI is InChI=1S/C16H24F3NO/c1-5-8-20-14(6-7-16(17,18)19)13-9-12(3)15(21-4)10-11(13)2/h9-10,14,20H,5-8H2,1-4H3. The summed E-state index contributed by atoms with van der Waals surface area (Å²) in [7, 11) is 1.60. The van der Waals surface area contributed by atoms with Gasteiger partial charge in [0.05, 0.1) is 7.11 Å². The summed E-state index contributed by atoms with van der Waals surface area (Å²) in [6.07, 6.45) is -3.97. The first kappa shape index (κ1) is 17.8. The van der Waals surface area contributed by atoms with Gasteiger partial charge in [0.2, 0.25) is 0 Å². The van der Waals surface area contributed by atoms with Crippen LogP contribution in [-0.2, 0) is 0 Å². The number of methoxy groups -OCH3 is 1. The molecular formula is C16H24F3NO. The topological polar surface area (TPSA) is 21.3 Å². The van der Waals surface area contributed by atoms with Crippen LogP contribution in [0, 0.1) is 13.8 Å². The van der Waals surface area contributed by atoms with Crippen LogP contribution >= 0.6 is 0 Å². The van der Waals surface area contributed by atoms with E-state index in [0.717, 1.165) is 28.9 Å². The molecule has 0 spiro atoms. The summed E-state index contributed by atoms with van der Waals surface area (Å²) >= 11 is 0. The van der Waals surface area contributed by atoms with Crippen molar-refractivity contribution in [2.24, 2.45) is 0 Å². The molecule has 1 atom stereocenters. The van der Waals surface area contributed by atoms with Gasteiger partial charge in [-0.1, -0.05) is 13.0 Å². The van der Waals surface area contributed by atoms with Gasteiger partial charge in [-0.15, -0.1) is 0 Å². The Morgan fingerprint density at radius 3 is 2.38 bits per heavy atom. The smallest absolute Gasteiger partial charge is 0.389 e. The SMILES string of the molecule is CCCNC(CCC(F)(F)F)c1cc(C)c(OC)cc1C. The first-order chi connectivity index (χ1) is 9.78. The zero-order valence-electron chi connectivity index (χ0n) is 13.1. The van der Waals surface area contributed by atoms with Crippen molar-refractivity contribution in [2.45, 2.75) is 52.3 Å². The van der Waals surface area contributed by atoms with Crippen LogP contribution in [0.4, 0.5) is 13.2 Å². The zero-order chi connectivity index (χ0) is 16.0. The molecule has 0 aliphatic rings. The quantitative estimate of drug-likeness (QED) is 0.788. The van der Waals surface area contributed by atoms with E-state index in [2.05, 4.69) is 5.32 Å². The van der Waals surface area contributed by atoms with Crippen LogP contribution < -0.4 is 10.1 Å². The minimum Gasteiger partial charge on any atom is -0.496 e. The lowest BCUT2D eigenvalue weighted by atomic mass is 9.95. The molecule has 0 aliphatic carbocycles. The van der Waals surface area contributed by atoms with Crippen molar-refractivity contribution in [1.82, 2.24) is 5.32 Å². The number of nitrogens with one attached hydrogen (secondary N) is 1. The molecule has 120 valence electrons. The Balaban J connectivity index is 2.99. The first-order valence-corrected chi connectivity index (χ1v) is 7.23. The predicted molar refractivity (Wildman–Crippen MR) is 78.8 cm³/mol. The second-order valence-electron chi connectivity index (χ2n) is 5.34. The fourth-order valence-electron chi connectivity index (χ4n) is 2.40. The van der Waals surface area contributed by atoms with Crippen LogP contribution in [0.15, 0.2) is 12.1 Å². The second-order valence-corrected chi connectivity index (χ2v) is 5.34. The molecular weight excluding hydrogens is 279 g/mol. The summed E-state index contributed by atoms with van der Waals surface area (Å²) < 4.78 is 42.8. The Kier molecular flexibility index (Phi) is 6.52. The number of alkyl halides is 3. The maximum atomic E-state index is 12.5. The number of rotatable bonds is 7. The van der Waals surface area contributed by atoms with Gasteiger partial charge in [-0.3, -0.25) is 0 Å². The van der Waals surface area contributed by atoms with Crippen LogP contribution in [0.2, 0.25) is 0 Å². The van der Waals surface area contributed by atoms with E-state index < -0.39 is 12.6 Å². The average Bonchev–Trinajstić information content (AvgIpc) is 2.40. The molecule has 1 rings (SSSR count). The average molecular weight is 303 g/mol. The van der Waals surface area contributed by atoms with Crippen molar-refractivity contribution in [2.75, 3.05) is 13.7 Å². The van der Waals surface area contributed by atoms with Crippen molar-refractivity contribution in [3.05, 3.63) is 28.8 Å². The van der Waals surface area contributed by atoms with Gasteiger partial charge in [-0.05, 0) is 56.0 Å². The van der Waals surface area contributed by atoms with Gasteiger partial charge in [0.15, 0.2) is 0 Å². The number of hydrogen-bond donors (Lipinski definition) is 1. The van der Waals surface area contributed by atoms with Crippen LogP contribution in [-0.4, -0.2) is 19.8 Å². The normalized spacial score (nSPS) is 13.3. The van der Waals surface area contributed by atoms with Crippen molar-refractivity contribution in [3.8, 4) is 5.75 Å². The number of halogens is 3. The number of aryl methyl sites for hydroxylation is 2. The summed E-state index contributed by atoms with van der Waals surface area (Å²) in [6, 6.07) is 3.53. The van der Waals surface area contributed by atoms with E-state index in [1.54, 1.807) is 7.11 Å². The largest absolute Gasteiger partial charge is 0.496 e. The van der Waals surface area contributed by atoms with Crippen LogP contribution in [0.3, 0.4) is 0 Å². The summed E-state index contributed by atoms with van der Waals surface area (Å²) in [4.78, 5) is 0. The van der Waals surface area contributed by atoms with E-state index in [4.69, 9.17) is 4.74 Å². The van der Waals surface area contributed by atoms with Crippen molar-refractivity contribution in [1.29, 1.82) is 0 Å². The highest BCUT2D eigenvalue weighted by atomic mass is 19.4. The Hall–Kier alpha value is -1.23. The van der Waals surface area contributed by atoms with Gasteiger partial charge in [-0.2, -0.15) is 13.2 Å². The number of benzene rings is 1. The summed E-state index contributed by atoms with van der Waals surface area (Å²) in [5, 5.41) is 3.22. The van der Waals surface area contributed by atoms with Gasteiger partial charge in [0.1, 0.15) is 5.75 Å². The summed E-state index contributed by atoms with van der Waals surface area (Å²) in [6.45, 7) is 6.51. The van der Waals surface area contributed by atoms with E-state index in [1.807, 2.05) is 32.9 Å². The van der Waals surface area contributed by atoms with Crippen molar-refractivity contribution < 1.29 is 17.9 Å². The van der Waals surface area contributed by atoms with Crippen LogP contribution in [0.5, 0.6) is 5.75 Å². The highest BCUT2D eigenvalue weighted by Gasteiger charge is 2.29.